The molecule has 1 nitrogen and oxygen atoms in total. The van der Waals surface area contributed by atoms with E-state index in [2.05, 4.69) is 24.8 Å². The van der Waals surface area contributed by atoms with Crippen LogP contribution in [0.5, 0.6) is 0 Å². The van der Waals surface area contributed by atoms with Gasteiger partial charge in [-0.15, -0.1) is 12.6 Å². The van der Waals surface area contributed by atoms with E-state index in [4.69, 9.17) is 5.73 Å². The van der Waals surface area contributed by atoms with Gasteiger partial charge in [0.1, 0.15) is 4.32 Å². The number of thiol groups is 1. The topological polar surface area (TPSA) is 26.0 Å². The van der Waals surface area contributed by atoms with Crippen LogP contribution < -0.4 is 5.73 Å². The molecular formula is CH6BNS2. The second kappa shape index (κ2) is 4.30. The summed E-state index contributed by atoms with van der Waals surface area (Å²) in [6, 6.07) is 0. The summed E-state index contributed by atoms with van der Waals surface area (Å²) < 4.78 is 0.194. The molecule has 30 valence electrons. The van der Waals surface area contributed by atoms with Crippen molar-refractivity contribution in [3.8, 4) is 0 Å². The van der Waals surface area contributed by atoms with Crippen LogP contribution in [0.4, 0.5) is 0 Å². The van der Waals surface area contributed by atoms with Crippen LogP contribution in [-0.2, 0) is 0 Å². The summed E-state index contributed by atoms with van der Waals surface area (Å²) in [6.07, 6.45) is 0. The Hall–Kier alpha value is 0.305. The molecule has 0 aromatic carbocycles. The molecular weight excluding hydrogens is 101 g/mol. The smallest absolute Gasteiger partial charge is 0.128 e. The quantitative estimate of drug-likeness (QED) is 0.235. The van der Waals surface area contributed by atoms with Crippen molar-refractivity contribution in [2.75, 3.05) is 0 Å². The Morgan fingerprint density at radius 1 is 1.80 bits per heavy atom. The number of thiocarbonyl (C=S) groups is 1. The van der Waals surface area contributed by atoms with Crippen molar-refractivity contribution in [2.45, 2.75) is 0 Å². The molecule has 4 heteroatoms. The van der Waals surface area contributed by atoms with Gasteiger partial charge in [-0.2, -0.15) is 0 Å². The van der Waals surface area contributed by atoms with Gasteiger partial charge in [-0.3, -0.25) is 0 Å². The second-order valence-electron chi connectivity index (χ2n) is 0.338. The number of rotatable bonds is 0. The first-order valence-electron chi connectivity index (χ1n) is 0.716. The predicted octanol–water partition coefficient (Wildman–Crippen LogP) is -1.02. The number of hydrogen-bond acceptors (Lipinski definition) is 1. The van der Waals surface area contributed by atoms with Crippen molar-refractivity contribution in [1.82, 2.24) is 0 Å². The third-order valence-corrected chi connectivity index (χ3v) is 0. The van der Waals surface area contributed by atoms with Crippen molar-refractivity contribution < 1.29 is 0 Å². The van der Waals surface area contributed by atoms with Crippen LogP contribution in [0.25, 0.3) is 0 Å². The van der Waals surface area contributed by atoms with Gasteiger partial charge in [0.05, 0.1) is 8.41 Å². The molecule has 0 aromatic heterocycles. The first kappa shape index (κ1) is 9.00. The van der Waals surface area contributed by atoms with Crippen LogP contribution in [0, 0.1) is 0 Å². The second-order valence-corrected chi connectivity index (χ2v) is 1.56. The Labute approximate surface area is 43.9 Å². The molecule has 0 spiro atoms. The van der Waals surface area contributed by atoms with Crippen molar-refractivity contribution in [3.05, 3.63) is 0 Å². The lowest BCUT2D eigenvalue weighted by molar-refractivity contribution is 1.91. The Kier molecular flexibility index (Phi) is 7.75. The summed E-state index contributed by atoms with van der Waals surface area (Å²) in [5.74, 6) is 0. The van der Waals surface area contributed by atoms with E-state index >= 15 is 0 Å². The fourth-order valence-corrected chi connectivity index (χ4v) is 0. The molecule has 0 radical (unpaired) electrons. The van der Waals surface area contributed by atoms with E-state index in [0.29, 0.717) is 0 Å². The van der Waals surface area contributed by atoms with Crippen LogP contribution in [-0.4, -0.2) is 12.7 Å². The van der Waals surface area contributed by atoms with Gasteiger partial charge in [0.2, 0.25) is 0 Å². The molecule has 0 saturated carbocycles. The first-order chi connectivity index (χ1) is 1.73. The van der Waals surface area contributed by atoms with Crippen molar-refractivity contribution in [1.29, 1.82) is 0 Å². The van der Waals surface area contributed by atoms with E-state index < -0.39 is 0 Å². The van der Waals surface area contributed by atoms with Crippen LogP contribution in [0.15, 0.2) is 0 Å². The molecule has 0 rings (SSSR count). The maximum atomic E-state index is 4.71. The number of hydrogen-bond donors (Lipinski definition) is 2. The van der Waals surface area contributed by atoms with E-state index in [1.165, 1.54) is 0 Å². The molecule has 0 heterocycles. The zero-order valence-electron chi connectivity index (χ0n) is 1.93. The largest absolute Gasteiger partial charge is 0.385 e. The molecule has 0 bridgehead atoms. The Bertz CT molecular complexity index is 32.6. The van der Waals surface area contributed by atoms with Crippen LogP contribution in [0.1, 0.15) is 0 Å². The first-order valence-corrected chi connectivity index (χ1v) is 1.57. The number of nitrogens with two attached hydrogens (primary N) is 1. The van der Waals surface area contributed by atoms with Gasteiger partial charge in [-0.1, -0.05) is 12.2 Å². The summed E-state index contributed by atoms with van der Waals surface area (Å²) in [7, 11) is 0. The molecule has 5 heavy (non-hydrogen) atoms. The average Bonchev–Trinajstić information content (AvgIpc) is 0.811. The van der Waals surface area contributed by atoms with Crippen molar-refractivity contribution in [2.24, 2.45) is 5.73 Å². The van der Waals surface area contributed by atoms with Gasteiger partial charge >= 0.3 is 0 Å². The lowest BCUT2D eigenvalue weighted by Gasteiger charge is -1.64. The summed E-state index contributed by atoms with van der Waals surface area (Å²) in [5, 5.41) is 0. The summed E-state index contributed by atoms with van der Waals surface area (Å²) in [4.78, 5) is 0. The summed E-state index contributed by atoms with van der Waals surface area (Å²) in [6.45, 7) is 0. The molecule has 2 N–H and O–H groups in total. The Morgan fingerprint density at radius 2 is 1.80 bits per heavy atom. The molecule has 0 unspecified atom stereocenters. The highest BCUT2D eigenvalue weighted by Crippen LogP contribution is 1.63. The van der Waals surface area contributed by atoms with E-state index in [-0.39, 0.29) is 12.7 Å². The van der Waals surface area contributed by atoms with Gasteiger partial charge < -0.3 is 5.73 Å². The summed E-state index contributed by atoms with van der Waals surface area (Å²) in [5.41, 5.74) is 4.71. The zero-order chi connectivity index (χ0) is 3.58. The molecule has 0 aliphatic carbocycles. The maximum Gasteiger partial charge on any atom is 0.128 e. The highest BCUT2D eigenvalue weighted by atomic mass is 32.1. The molecule has 0 aliphatic heterocycles. The monoisotopic (exact) mass is 107 g/mol. The van der Waals surface area contributed by atoms with Crippen LogP contribution >= 0.6 is 24.8 Å². The Morgan fingerprint density at radius 3 is 1.80 bits per heavy atom. The lowest BCUT2D eigenvalue weighted by Crippen LogP contribution is -1.94. The van der Waals surface area contributed by atoms with Gasteiger partial charge in [0.15, 0.2) is 0 Å². The molecule has 0 aliphatic rings. The molecule has 0 fully saturated rings. The van der Waals surface area contributed by atoms with Gasteiger partial charge in [0.25, 0.3) is 0 Å². The Balaban J connectivity index is 0. The highest BCUT2D eigenvalue weighted by Gasteiger charge is 1.55. The van der Waals surface area contributed by atoms with E-state index in [1.807, 2.05) is 0 Å². The van der Waals surface area contributed by atoms with Crippen LogP contribution in [0.2, 0.25) is 0 Å². The minimum Gasteiger partial charge on any atom is -0.385 e. The van der Waals surface area contributed by atoms with E-state index in [9.17, 15) is 0 Å². The molecule has 0 atom stereocenters. The maximum absolute atomic E-state index is 4.71. The highest BCUT2D eigenvalue weighted by molar-refractivity contribution is 8.10. The third-order valence-electron chi connectivity index (χ3n) is 0. The van der Waals surface area contributed by atoms with Gasteiger partial charge in [-0.05, 0) is 0 Å². The zero-order valence-corrected chi connectivity index (χ0v) is 3.64. The normalized spacial score (nSPS) is 5.00. The fraction of sp³-hybridized carbons (Fsp3) is 0. The van der Waals surface area contributed by atoms with Crippen molar-refractivity contribution >= 4 is 37.6 Å². The van der Waals surface area contributed by atoms with E-state index in [0.717, 1.165) is 0 Å². The molecule has 0 aromatic rings. The predicted molar refractivity (Wildman–Crippen MR) is 35.7 cm³/mol. The van der Waals surface area contributed by atoms with Gasteiger partial charge in [0, 0.05) is 0 Å². The van der Waals surface area contributed by atoms with E-state index in [1.54, 1.807) is 0 Å². The lowest BCUT2D eigenvalue weighted by atomic mass is 10.8. The average molecular weight is 107 g/mol. The molecule has 0 amide bonds. The minimum atomic E-state index is 0. The minimum absolute atomic E-state index is 0. The van der Waals surface area contributed by atoms with Gasteiger partial charge in [-0.25, -0.2) is 0 Å². The standard InChI is InChI=1S/CH3NS2.BH3/c2-1(3)4;/h(H3,2,3,4);1H3. The van der Waals surface area contributed by atoms with Crippen molar-refractivity contribution in [3.63, 3.8) is 0 Å². The fourth-order valence-electron chi connectivity index (χ4n) is 0. The van der Waals surface area contributed by atoms with Crippen LogP contribution in [0.3, 0.4) is 0 Å². The molecule has 0 saturated heterocycles. The third kappa shape index (κ3) is 246. The summed E-state index contributed by atoms with van der Waals surface area (Å²) >= 11 is 7.65. The SMILES string of the molecule is B.NC(=S)S.